The summed E-state index contributed by atoms with van der Waals surface area (Å²) in [7, 11) is 3.66. The molecule has 0 amide bonds. The topological polar surface area (TPSA) is 56.7 Å². The number of methoxy groups -OCH3 is 1. The smallest absolute Gasteiger partial charge is 0.161 e. The summed E-state index contributed by atoms with van der Waals surface area (Å²) in [5.41, 5.74) is 0.895. The van der Waals surface area contributed by atoms with Crippen LogP contribution < -0.4 is 19.1 Å². The summed E-state index contributed by atoms with van der Waals surface area (Å²) in [6.45, 7) is 3.06. The first-order valence-corrected chi connectivity index (χ1v) is 8.56. The zero-order valence-electron chi connectivity index (χ0n) is 15.1. The average molecular weight is 351 g/mol. The molecular weight excluding hydrogens is 330 g/mol. The molecule has 0 saturated heterocycles. The lowest BCUT2D eigenvalue weighted by molar-refractivity contribution is 0.0960. The predicted molar refractivity (Wildman–Crippen MR) is 100 cm³/mol. The van der Waals surface area contributed by atoms with E-state index >= 15 is 0 Å². The molecule has 0 spiro atoms. The Bertz CT molecular complexity index is 945. The van der Waals surface area contributed by atoms with Crippen LogP contribution in [0.3, 0.4) is 0 Å². The van der Waals surface area contributed by atoms with Crippen LogP contribution in [-0.4, -0.2) is 43.4 Å². The fraction of sp³-hybridized carbons (Fsp3) is 0.300. The summed E-state index contributed by atoms with van der Waals surface area (Å²) >= 11 is 0. The Morgan fingerprint density at radius 3 is 2.77 bits per heavy atom. The molecule has 2 heterocycles. The Morgan fingerprint density at radius 2 is 1.96 bits per heavy atom. The van der Waals surface area contributed by atoms with Crippen molar-refractivity contribution in [2.45, 2.75) is 13.0 Å². The van der Waals surface area contributed by atoms with Crippen LogP contribution in [0.2, 0.25) is 0 Å². The molecule has 3 aromatic rings. The second kappa shape index (κ2) is 6.71. The van der Waals surface area contributed by atoms with E-state index in [9.17, 15) is 0 Å². The van der Waals surface area contributed by atoms with Gasteiger partial charge in [0.05, 0.1) is 19.2 Å². The molecule has 134 valence electrons. The van der Waals surface area contributed by atoms with Gasteiger partial charge in [-0.25, -0.2) is 9.97 Å². The first kappa shape index (κ1) is 16.4. The summed E-state index contributed by atoms with van der Waals surface area (Å²) in [4.78, 5) is 11.3. The van der Waals surface area contributed by atoms with Crippen molar-refractivity contribution in [3.8, 4) is 17.2 Å². The molecule has 1 aliphatic heterocycles. The second-order valence-electron chi connectivity index (χ2n) is 6.36. The van der Waals surface area contributed by atoms with Crippen molar-refractivity contribution >= 4 is 16.7 Å². The number of rotatable bonds is 4. The van der Waals surface area contributed by atoms with Gasteiger partial charge >= 0.3 is 0 Å². The third-order valence-corrected chi connectivity index (χ3v) is 4.40. The van der Waals surface area contributed by atoms with E-state index in [4.69, 9.17) is 14.2 Å². The molecule has 1 unspecified atom stereocenters. The van der Waals surface area contributed by atoms with Crippen LogP contribution in [0.15, 0.2) is 42.5 Å². The van der Waals surface area contributed by atoms with Crippen molar-refractivity contribution in [2.24, 2.45) is 0 Å². The molecule has 6 nitrogen and oxygen atoms in total. The molecule has 2 aromatic carbocycles. The lowest BCUT2D eigenvalue weighted by Crippen LogP contribution is -2.39. The van der Waals surface area contributed by atoms with Gasteiger partial charge in [-0.15, -0.1) is 0 Å². The molecular formula is C20H21N3O3. The number of hydrogen-bond donors (Lipinski definition) is 0. The van der Waals surface area contributed by atoms with E-state index in [-0.39, 0.29) is 6.10 Å². The summed E-state index contributed by atoms with van der Waals surface area (Å²) in [6.07, 6.45) is -0.0779. The zero-order valence-corrected chi connectivity index (χ0v) is 15.1. The summed E-state index contributed by atoms with van der Waals surface area (Å²) in [6, 6.07) is 13.6. The maximum absolute atomic E-state index is 6.08. The summed E-state index contributed by atoms with van der Waals surface area (Å²) in [5, 5.41) is 0.953. The van der Waals surface area contributed by atoms with Gasteiger partial charge in [0.25, 0.3) is 0 Å². The van der Waals surface area contributed by atoms with Crippen molar-refractivity contribution in [3.63, 3.8) is 0 Å². The Balaban J connectivity index is 1.61. The Hall–Kier alpha value is -3.02. The van der Waals surface area contributed by atoms with Gasteiger partial charge in [0, 0.05) is 12.4 Å². The molecule has 0 N–H and O–H groups in total. The van der Waals surface area contributed by atoms with Gasteiger partial charge in [-0.1, -0.05) is 12.1 Å². The number of hydrogen-bond acceptors (Lipinski definition) is 6. The highest BCUT2D eigenvalue weighted by atomic mass is 16.6. The zero-order chi connectivity index (χ0) is 18.1. The lowest BCUT2D eigenvalue weighted by Gasteiger charge is -2.30. The van der Waals surface area contributed by atoms with Crippen LogP contribution in [-0.2, 0) is 0 Å². The molecule has 4 rings (SSSR count). The minimum Gasteiger partial charge on any atom is -0.497 e. The minimum absolute atomic E-state index is 0.0779. The monoisotopic (exact) mass is 351 g/mol. The maximum Gasteiger partial charge on any atom is 0.161 e. The van der Waals surface area contributed by atoms with E-state index in [1.807, 2.05) is 56.4 Å². The number of para-hydroxylation sites is 2. The number of benzene rings is 2. The number of ether oxygens (including phenoxy) is 3. The van der Waals surface area contributed by atoms with Gasteiger partial charge in [0.1, 0.15) is 24.0 Å². The highest BCUT2D eigenvalue weighted by Crippen LogP contribution is 2.32. The fourth-order valence-corrected chi connectivity index (χ4v) is 3.17. The van der Waals surface area contributed by atoms with E-state index in [0.717, 1.165) is 39.8 Å². The van der Waals surface area contributed by atoms with E-state index in [1.54, 1.807) is 7.11 Å². The molecule has 0 saturated carbocycles. The SMILES string of the molecule is COc1ccc2nc(C)nc(N(C)CC3COc4ccccc4O3)c2c1. The van der Waals surface area contributed by atoms with Crippen LogP contribution in [0.5, 0.6) is 17.2 Å². The van der Waals surface area contributed by atoms with Gasteiger partial charge in [0.2, 0.25) is 0 Å². The molecule has 0 aliphatic carbocycles. The first-order chi connectivity index (χ1) is 12.6. The number of nitrogens with zero attached hydrogens (tertiary/aromatic N) is 3. The van der Waals surface area contributed by atoms with E-state index in [0.29, 0.717) is 13.2 Å². The molecule has 1 aliphatic rings. The van der Waals surface area contributed by atoms with Crippen LogP contribution in [0, 0.1) is 6.92 Å². The van der Waals surface area contributed by atoms with Gasteiger partial charge in [-0.05, 0) is 37.3 Å². The molecule has 0 fully saturated rings. The average Bonchev–Trinajstić information content (AvgIpc) is 2.66. The van der Waals surface area contributed by atoms with E-state index in [1.165, 1.54) is 0 Å². The van der Waals surface area contributed by atoms with Crippen molar-refractivity contribution in [1.82, 2.24) is 9.97 Å². The molecule has 1 aromatic heterocycles. The number of likely N-dealkylation sites (N-methyl/N-ethyl adjacent to an activating group) is 1. The van der Waals surface area contributed by atoms with Crippen LogP contribution >= 0.6 is 0 Å². The number of aryl methyl sites for hydroxylation is 1. The maximum atomic E-state index is 6.08. The fourth-order valence-electron chi connectivity index (χ4n) is 3.17. The van der Waals surface area contributed by atoms with Crippen molar-refractivity contribution in [2.75, 3.05) is 32.2 Å². The summed E-state index contributed by atoms with van der Waals surface area (Å²) < 4.78 is 17.3. The molecule has 0 radical (unpaired) electrons. The standard InChI is InChI=1S/C20H21N3O3/c1-13-21-17-9-8-14(24-3)10-16(17)20(22-13)23(2)11-15-12-25-18-6-4-5-7-19(18)26-15/h4-10,15H,11-12H2,1-3H3. The van der Waals surface area contributed by atoms with Gasteiger partial charge in [0.15, 0.2) is 17.6 Å². The van der Waals surface area contributed by atoms with Crippen LogP contribution in [0.25, 0.3) is 10.9 Å². The van der Waals surface area contributed by atoms with Crippen molar-refractivity contribution in [3.05, 3.63) is 48.3 Å². The van der Waals surface area contributed by atoms with Crippen molar-refractivity contribution < 1.29 is 14.2 Å². The van der Waals surface area contributed by atoms with Crippen LogP contribution in [0.1, 0.15) is 5.82 Å². The van der Waals surface area contributed by atoms with Gasteiger partial charge in [-0.2, -0.15) is 0 Å². The predicted octanol–water partition coefficient (Wildman–Crippen LogP) is 3.22. The molecule has 1 atom stereocenters. The number of anilines is 1. The van der Waals surface area contributed by atoms with Crippen molar-refractivity contribution in [1.29, 1.82) is 0 Å². The molecule has 26 heavy (non-hydrogen) atoms. The Morgan fingerprint density at radius 1 is 1.15 bits per heavy atom. The third kappa shape index (κ3) is 3.10. The number of aromatic nitrogens is 2. The highest BCUT2D eigenvalue weighted by molar-refractivity contribution is 5.90. The Kier molecular flexibility index (Phi) is 4.24. The quantitative estimate of drug-likeness (QED) is 0.719. The second-order valence-corrected chi connectivity index (χ2v) is 6.36. The summed E-state index contributed by atoms with van der Waals surface area (Å²) in [5.74, 6) is 3.94. The first-order valence-electron chi connectivity index (χ1n) is 8.56. The highest BCUT2D eigenvalue weighted by Gasteiger charge is 2.23. The van der Waals surface area contributed by atoms with E-state index in [2.05, 4.69) is 14.9 Å². The molecule has 6 heteroatoms. The van der Waals surface area contributed by atoms with Crippen LogP contribution in [0.4, 0.5) is 5.82 Å². The Labute approximate surface area is 152 Å². The normalized spacial score (nSPS) is 15.7. The van der Waals surface area contributed by atoms with Gasteiger partial charge in [-0.3, -0.25) is 0 Å². The third-order valence-electron chi connectivity index (χ3n) is 4.40. The molecule has 0 bridgehead atoms. The minimum atomic E-state index is -0.0779. The largest absolute Gasteiger partial charge is 0.497 e. The lowest BCUT2D eigenvalue weighted by atomic mass is 10.2. The van der Waals surface area contributed by atoms with E-state index < -0.39 is 0 Å². The number of fused-ring (bicyclic) bond motifs is 2. The van der Waals surface area contributed by atoms with Gasteiger partial charge < -0.3 is 19.1 Å².